The molecule has 1 aliphatic carbocycles. The van der Waals surface area contributed by atoms with Crippen LogP contribution in [0.4, 0.5) is 10.5 Å². The van der Waals surface area contributed by atoms with Crippen molar-refractivity contribution >= 4 is 28.5 Å². The molecule has 0 radical (unpaired) electrons. The summed E-state index contributed by atoms with van der Waals surface area (Å²) >= 11 is 0. The third kappa shape index (κ3) is 4.22. The van der Waals surface area contributed by atoms with Crippen molar-refractivity contribution < 1.29 is 19.1 Å². The molecule has 1 heterocycles. The van der Waals surface area contributed by atoms with Crippen molar-refractivity contribution in [2.75, 3.05) is 11.9 Å². The predicted octanol–water partition coefficient (Wildman–Crippen LogP) is 6.59. The van der Waals surface area contributed by atoms with Gasteiger partial charge in [-0.3, -0.25) is 10.1 Å². The number of ether oxygens (including phenoxy) is 2. The fourth-order valence-electron chi connectivity index (χ4n) is 4.28. The summed E-state index contributed by atoms with van der Waals surface area (Å²) in [5.41, 5.74) is 4.29. The normalized spacial score (nSPS) is 13.8. The molecule has 1 aliphatic rings. The van der Waals surface area contributed by atoms with Gasteiger partial charge in [-0.2, -0.15) is 0 Å². The number of fused-ring (bicyclic) bond motifs is 1. The maximum absolute atomic E-state index is 12.8. The van der Waals surface area contributed by atoms with Crippen molar-refractivity contribution in [3.8, 4) is 17.0 Å². The van der Waals surface area contributed by atoms with E-state index >= 15 is 0 Å². The summed E-state index contributed by atoms with van der Waals surface area (Å²) in [5, 5.41) is 3.70. The Morgan fingerprint density at radius 1 is 1.12 bits per heavy atom. The second-order valence-corrected chi connectivity index (χ2v) is 8.50. The van der Waals surface area contributed by atoms with Crippen LogP contribution < -0.4 is 10.1 Å². The second-order valence-electron chi connectivity index (χ2n) is 8.50. The highest BCUT2D eigenvalue weighted by atomic mass is 16.6. The fraction of sp³-hybridized carbons (Fsp3) is 0.385. The van der Waals surface area contributed by atoms with Crippen molar-refractivity contribution in [3.05, 3.63) is 48.0 Å². The maximum atomic E-state index is 12.8. The lowest BCUT2D eigenvalue weighted by atomic mass is 9.92. The van der Waals surface area contributed by atoms with Gasteiger partial charge in [-0.25, -0.2) is 4.79 Å². The first kappa shape index (κ1) is 21.9. The Labute approximate surface area is 188 Å². The average Bonchev–Trinajstić information content (AvgIpc) is 3.01. The minimum absolute atomic E-state index is 0.0370. The number of hydrogen-bond donors (Lipinski definition) is 1. The molecule has 1 fully saturated rings. The summed E-state index contributed by atoms with van der Waals surface area (Å²) in [4.78, 5) is 24.7. The number of amides is 1. The van der Waals surface area contributed by atoms with E-state index in [1.807, 2.05) is 63.2 Å². The molecule has 0 unspecified atom stereocenters. The minimum atomic E-state index is -0.482. The van der Waals surface area contributed by atoms with Crippen LogP contribution >= 0.6 is 0 Å². The summed E-state index contributed by atoms with van der Waals surface area (Å²) in [6.45, 7) is 7.80. The van der Waals surface area contributed by atoms with E-state index in [9.17, 15) is 9.59 Å². The van der Waals surface area contributed by atoms with Crippen LogP contribution in [0.15, 0.2) is 42.5 Å². The first-order chi connectivity index (χ1) is 15.4. The van der Waals surface area contributed by atoms with Gasteiger partial charge in [0.1, 0.15) is 5.75 Å². The van der Waals surface area contributed by atoms with Crippen LogP contribution in [0.3, 0.4) is 0 Å². The summed E-state index contributed by atoms with van der Waals surface area (Å²) in [7, 11) is 0. The number of carbonyl (C=O) groups is 2. The lowest BCUT2D eigenvalue weighted by Crippen LogP contribution is -2.18. The molecule has 4 rings (SSSR count). The number of Topliss-reactive ketones (excluding diaryl/α,β-unsaturated/α-hetero) is 1. The first-order valence-electron chi connectivity index (χ1n) is 11.3. The molecule has 6 heteroatoms. The lowest BCUT2D eigenvalue weighted by Gasteiger charge is -2.30. The van der Waals surface area contributed by atoms with E-state index in [4.69, 9.17) is 9.47 Å². The van der Waals surface area contributed by atoms with Crippen LogP contribution in [-0.4, -0.2) is 29.2 Å². The highest BCUT2D eigenvalue weighted by Crippen LogP contribution is 2.43. The Morgan fingerprint density at radius 2 is 1.84 bits per heavy atom. The fourth-order valence-corrected chi connectivity index (χ4v) is 4.28. The summed E-state index contributed by atoms with van der Waals surface area (Å²) in [6, 6.07) is 13.9. The molecule has 0 aliphatic heterocycles. The first-order valence-corrected chi connectivity index (χ1v) is 11.3. The number of ketones is 1. The molecule has 3 aromatic rings. The molecule has 2 aromatic carbocycles. The topological polar surface area (TPSA) is 69.6 Å². The Hall–Kier alpha value is -3.28. The van der Waals surface area contributed by atoms with Crippen LogP contribution in [0.25, 0.3) is 22.2 Å². The summed E-state index contributed by atoms with van der Waals surface area (Å²) in [6.07, 6.45) is 2.70. The molecule has 168 valence electrons. The molecule has 0 spiro atoms. The number of hydrogen-bond acceptors (Lipinski definition) is 4. The number of carbonyl (C=O) groups excluding carboxylic acids is 2. The molecule has 0 saturated heterocycles. The molecule has 6 nitrogen and oxygen atoms in total. The van der Waals surface area contributed by atoms with Crippen LogP contribution in [0.2, 0.25) is 0 Å². The third-order valence-corrected chi connectivity index (χ3v) is 5.83. The van der Waals surface area contributed by atoms with Gasteiger partial charge in [0.15, 0.2) is 5.78 Å². The van der Waals surface area contributed by atoms with Crippen LogP contribution in [-0.2, 0) is 4.74 Å². The predicted molar refractivity (Wildman–Crippen MR) is 127 cm³/mol. The molecular weight excluding hydrogens is 404 g/mol. The van der Waals surface area contributed by atoms with E-state index in [2.05, 4.69) is 9.88 Å². The van der Waals surface area contributed by atoms with Gasteiger partial charge in [0.2, 0.25) is 0 Å². The van der Waals surface area contributed by atoms with Gasteiger partial charge in [0.05, 0.1) is 29.5 Å². The number of nitrogens with one attached hydrogen (secondary N) is 1. The van der Waals surface area contributed by atoms with Gasteiger partial charge in [-0.15, -0.1) is 0 Å². The van der Waals surface area contributed by atoms with E-state index in [0.29, 0.717) is 18.3 Å². The molecule has 0 atom stereocenters. The van der Waals surface area contributed by atoms with Gasteiger partial charge in [0.25, 0.3) is 0 Å². The zero-order valence-electron chi connectivity index (χ0n) is 19.1. The highest BCUT2D eigenvalue weighted by molar-refractivity contribution is 6.13. The largest absolute Gasteiger partial charge is 0.494 e. The Balaban J connectivity index is 1.81. The molecular formula is C26H30N2O4. The number of benzene rings is 2. The Kier molecular flexibility index (Phi) is 6.21. The van der Waals surface area contributed by atoms with Crippen LogP contribution in [0.5, 0.6) is 5.75 Å². The van der Waals surface area contributed by atoms with Gasteiger partial charge < -0.3 is 14.0 Å². The number of aromatic nitrogens is 1. The SMILES string of the molecule is CCOc1ccc2c(C(C)=O)c(-c3ccc(NC(=O)OC(C)C)cc3)n(C3CCC3)c2c1. The van der Waals surface area contributed by atoms with E-state index in [-0.39, 0.29) is 11.9 Å². The van der Waals surface area contributed by atoms with Gasteiger partial charge >= 0.3 is 6.09 Å². The number of rotatable bonds is 7. The molecule has 1 aromatic heterocycles. The van der Waals surface area contributed by atoms with Crippen molar-refractivity contribution in [1.29, 1.82) is 0 Å². The number of anilines is 1. The van der Waals surface area contributed by atoms with Crippen molar-refractivity contribution in [3.63, 3.8) is 0 Å². The molecule has 32 heavy (non-hydrogen) atoms. The maximum Gasteiger partial charge on any atom is 0.411 e. The third-order valence-electron chi connectivity index (χ3n) is 5.83. The molecule has 1 N–H and O–H groups in total. The van der Waals surface area contributed by atoms with E-state index in [1.54, 1.807) is 6.92 Å². The summed E-state index contributed by atoms with van der Waals surface area (Å²) in [5.74, 6) is 0.845. The zero-order chi connectivity index (χ0) is 22.8. The Morgan fingerprint density at radius 3 is 2.41 bits per heavy atom. The highest BCUT2D eigenvalue weighted by Gasteiger charge is 2.29. The smallest absolute Gasteiger partial charge is 0.411 e. The molecule has 0 bridgehead atoms. The lowest BCUT2D eigenvalue weighted by molar-refractivity contribution is 0.101. The van der Waals surface area contributed by atoms with Crippen LogP contribution in [0.1, 0.15) is 63.4 Å². The zero-order valence-corrected chi connectivity index (χ0v) is 19.1. The van der Waals surface area contributed by atoms with E-state index in [1.165, 1.54) is 6.42 Å². The van der Waals surface area contributed by atoms with E-state index < -0.39 is 6.09 Å². The standard InChI is InChI=1S/C26H30N2O4/c1-5-31-21-13-14-22-23(15-21)28(20-7-6-8-20)25(24(22)17(4)29)18-9-11-19(12-10-18)27-26(30)32-16(2)3/h9-16,20H,5-8H2,1-4H3,(H,27,30). The monoisotopic (exact) mass is 434 g/mol. The van der Waals surface area contributed by atoms with Crippen molar-refractivity contribution in [2.45, 2.75) is 59.1 Å². The van der Waals surface area contributed by atoms with Crippen molar-refractivity contribution in [1.82, 2.24) is 4.57 Å². The van der Waals surface area contributed by atoms with Crippen LogP contribution in [0, 0.1) is 0 Å². The quantitative estimate of drug-likeness (QED) is 0.426. The van der Waals surface area contributed by atoms with Crippen molar-refractivity contribution in [2.24, 2.45) is 0 Å². The summed E-state index contributed by atoms with van der Waals surface area (Å²) < 4.78 is 13.2. The van der Waals surface area contributed by atoms with Gasteiger partial charge in [-0.1, -0.05) is 12.1 Å². The van der Waals surface area contributed by atoms with Gasteiger partial charge in [0, 0.05) is 23.2 Å². The molecule has 1 saturated carbocycles. The number of nitrogens with zero attached hydrogens (tertiary/aromatic N) is 1. The van der Waals surface area contributed by atoms with E-state index in [0.717, 1.165) is 46.3 Å². The minimum Gasteiger partial charge on any atom is -0.494 e. The van der Waals surface area contributed by atoms with Gasteiger partial charge in [-0.05, 0) is 76.8 Å². The Bertz CT molecular complexity index is 1140. The molecule has 1 amide bonds. The second kappa shape index (κ2) is 9.07. The average molecular weight is 435 g/mol.